The van der Waals surface area contributed by atoms with Crippen molar-refractivity contribution in [1.29, 1.82) is 0 Å². The van der Waals surface area contributed by atoms with Crippen molar-refractivity contribution in [1.82, 2.24) is 19.9 Å². The summed E-state index contributed by atoms with van der Waals surface area (Å²) < 4.78 is 5.57. The number of ether oxygens (including phenoxy) is 1. The number of hydrazine groups is 1. The lowest BCUT2D eigenvalue weighted by atomic mass is 10.1. The van der Waals surface area contributed by atoms with Gasteiger partial charge in [0.05, 0.1) is 6.10 Å². The maximum absolute atomic E-state index is 5.57. The molecule has 1 aromatic heterocycles. The summed E-state index contributed by atoms with van der Waals surface area (Å²) in [7, 11) is 4.20. The van der Waals surface area contributed by atoms with Gasteiger partial charge in [-0.25, -0.2) is 5.84 Å². The van der Waals surface area contributed by atoms with E-state index < -0.39 is 0 Å². The zero-order valence-electron chi connectivity index (χ0n) is 13.2. The second kappa shape index (κ2) is 6.86. The van der Waals surface area contributed by atoms with Crippen LogP contribution in [0.1, 0.15) is 26.7 Å². The van der Waals surface area contributed by atoms with Crippen molar-refractivity contribution < 1.29 is 4.74 Å². The Morgan fingerprint density at radius 3 is 2.71 bits per heavy atom. The number of likely N-dealkylation sites (N-methyl/N-ethyl adjacent to an activating group) is 1. The lowest BCUT2D eigenvalue weighted by Crippen LogP contribution is -2.45. The summed E-state index contributed by atoms with van der Waals surface area (Å²) in [5.41, 5.74) is 2.47. The highest BCUT2D eigenvalue weighted by Crippen LogP contribution is 2.21. The average Bonchev–Trinajstić information content (AvgIpc) is 2.46. The Morgan fingerprint density at radius 2 is 2.10 bits per heavy atom. The van der Waals surface area contributed by atoms with Crippen LogP contribution in [0.3, 0.4) is 0 Å². The van der Waals surface area contributed by atoms with Crippen LogP contribution in [0.25, 0.3) is 0 Å². The first-order chi connectivity index (χ1) is 9.99. The van der Waals surface area contributed by atoms with Gasteiger partial charge in [0.25, 0.3) is 0 Å². The summed E-state index contributed by atoms with van der Waals surface area (Å²) in [6, 6.07) is 0.800. The Labute approximate surface area is 125 Å². The van der Waals surface area contributed by atoms with Crippen molar-refractivity contribution in [2.75, 3.05) is 37.5 Å². The van der Waals surface area contributed by atoms with Gasteiger partial charge in [0, 0.05) is 19.1 Å². The van der Waals surface area contributed by atoms with E-state index >= 15 is 0 Å². The predicted octanol–water partition coefficient (Wildman–Crippen LogP) is 0.475. The van der Waals surface area contributed by atoms with Gasteiger partial charge >= 0.3 is 6.01 Å². The van der Waals surface area contributed by atoms with Crippen LogP contribution in [0.4, 0.5) is 11.9 Å². The molecule has 0 spiro atoms. The normalized spacial score (nSPS) is 19.2. The second-order valence-corrected chi connectivity index (χ2v) is 5.76. The quantitative estimate of drug-likeness (QED) is 0.598. The van der Waals surface area contributed by atoms with Gasteiger partial charge in [0.15, 0.2) is 0 Å². The lowest BCUT2D eigenvalue weighted by Gasteiger charge is -2.36. The van der Waals surface area contributed by atoms with E-state index in [-0.39, 0.29) is 6.10 Å². The van der Waals surface area contributed by atoms with E-state index in [1.54, 1.807) is 0 Å². The van der Waals surface area contributed by atoms with Crippen LogP contribution in [0.2, 0.25) is 0 Å². The van der Waals surface area contributed by atoms with Crippen LogP contribution in [0, 0.1) is 0 Å². The Balaban J connectivity index is 2.21. The molecular weight excluding hydrogens is 270 g/mol. The lowest BCUT2D eigenvalue weighted by molar-refractivity contribution is 0.221. The number of hydrogen-bond acceptors (Lipinski definition) is 8. The highest BCUT2D eigenvalue weighted by Gasteiger charge is 2.24. The van der Waals surface area contributed by atoms with Crippen molar-refractivity contribution in [2.24, 2.45) is 5.84 Å². The zero-order chi connectivity index (χ0) is 15.4. The van der Waals surface area contributed by atoms with Gasteiger partial charge in [-0.15, -0.1) is 0 Å². The molecule has 1 aromatic rings. The number of nitrogens with zero attached hydrogens (tertiary/aromatic N) is 5. The zero-order valence-corrected chi connectivity index (χ0v) is 13.2. The van der Waals surface area contributed by atoms with Crippen LogP contribution in [0.15, 0.2) is 0 Å². The number of hydrogen-bond donors (Lipinski definition) is 2. The molecule has 1 saturated heterocycles. The number of nitrogens with one attached hydrogen (secondary N) is 1. The molecule has 0 aromatic carbocycles. The van der Waals surface area contributed by atoms with Gasteiger partial charge in [-0.2, -0.15) is 15.0 Å². The van der Waals surface area contributed by atoms with E-state index in [2.05, 4.69) is 44.3 Å². The molecule has 2 heterocycles. The number of rotatable bonds is 5. The fourth-order valence-electron chi connectivity index (χ4n) is 2.37. The molecular formula is C13H25N7O. The molecule has 0 saturated carbocycles. The molecule has 1 unspecified atom stereocenters. The van der Waals surface area contributed by atoms with Crippen molar-refractivity contribution in [3.05, 3.63) is 0 Å². The molecule has 0 aliphatic carbocycles. The SMILES string of the molecule is CC(C)Oc1nc(NN)nc(N2CCCC(N(C)C)C2)n1. The van der Waals surface area contributed by atoms with Gasteiger partial charge < -0.3 is 14.5 Å². The van der Waals surface area contributed by atoms with Crippen molar-refractivity contribution in [3.8, 4) is 6.01 Å². The third-order valence-electron chi connectivity index (χ3n) is 3.48. The van der Waals surface area contributed by atoms with Gasteiger partial charge in [-0.3, -0.25) is 5.43 Å². The van der Waals surface area contributed by atoms with E-state index in [0.29, 0.717) is 23.9 Å². The standard InChI is InChI=1S/C13H25N7O/c1-9(2)21-13-16-11(18-14)15-12(17-13)20-7-5-6-10(8-20)19(3)4/h9-10H,5-8,14H2,1-4H3,(H,15,16,17,18). The Bertz CT molecular complexity index is 466. The van der Waals surface area contributed by atoms with Crippen LogP contribution in [0.5, 0.6) is 6.01 Å². The first kappa shape index (κ1) is 15.7. The van der Waals surface area contributed by atoms with E-state index in [4.69, 9.17) is 10.6 Å². The molecule has 3 N–H and O–H groups in total. The van der Waals surface area contributed by atoms with Crippen LogP contribution in [-0.2, 0) is 0 Å². The first-order valence-corrected chi connectivity index (χ1v) is 7.30. The monoisotopic (exact) mass is 295 g/mol. The summed E-state index contributed by atoms with van der Waals surface area (Å²) in [6.45, 7) is 5.69. The number of nitrogen functional groups attached to an aromatic ring is 1. The fourth-order valence-corrected chi connectivity index (χ4v) is 2.37. The molecule has 2 rings (SSSR count). The summed E-state index contributed by atoms with van der Waals surface area (Å²) >= 11 is 0. The van der Waals surface area contributed by atoms with Gasteiger partial charge in [-0.1, -0.05) is 0 Å². The maximum Gasteiger partial charge on any atom is 0.323 e. The molecule has 21 heavy (non-hydrogen) atoms. The minimum absolute atomic E-state index is 0.00162. The number of anilines is 2. The molecule has 0 bridgehead atoms. The topological polar surface area (TPSA) is 92.4 Å². The number of aromatic nitrogens is 3. The molecule has 1 fully saturated rings. The van der Waals surface area contributed by atoms with Crippen molar-refractivity contribution in [2.45, 2.75) is 38.8 Å². The van der Waals surface area contributed by atoms with Crippen LogP contribution in [-0.4, -0.2) is 59.2 Å². The van der Waals surface area contributed by atoms with Gasteiger partial charge in [0.1, 0.15) is 0 Å². The highest BCUT2D eigenvalue weighted by atomic mass is 16.5. The highest BCUT2D eigenvalue weighted by molar-refractivity contribution is 5.38. The second-order valence-electron chi connectivity index (χ2n) is 5.76. The van der Waals surface area contributed by atoms with E-state index in [1.807, 2.05) is 13.8 Å². The third kappa shape index (κ3) is 4.15. The maximum atomic E-state index is 5.57. The van der Waals surface area contributed by atoms with E-state index in [9.17, 15) is 0 Å². The summed E-state index contributed by atoms with van der Waals surface area (Å²) in [5, 5.41) is 0. The summed E-state index contributed by atoms with van der Waals surface area (Å²) in [6.07, 6.45) is 2.30. The molecule has 8 heteroatoms. The smallest absolute Gasteiger partial charge is 0.323 e. The molecule has 8 nitrogen and oxygen atoms in total. The van der Waals surface area contributed by atoms with Gasteiger partial charge in [-0.05, 0) is 40.8 Å². The predicted molar refractivity (Wildman–Crippen MR) is 82.3 cm³/mol. The Morgan fingerprint density at radius 1 is 1.33 bits per heavy atom. The van der Waals surface area contributed by atoms with Crippen LogP contribution >= 0.6 is 0 Å². The fraction of sp³-hybridized carbons (Fsp3) is 0.769. The van der Waals surface area contributed by atoms with Crippen molar-refractivity contribution >= 4 is 11.9 Å². The molecule has 0 radical (unpaired) electrons. The number of piperidine rings is 1. The Hall–Kier alpha value is -1.67. The molecule has 118 valence electrons. The third-order valence-corrected chi connectivity index (χ3v) is 3.48. The van der Waals surface area contributed by atoms with E-state index in [0.717, 1.165) is 19.5 Å². The minimum Gasteiger partial charge on any atom is -0.461 e. The molecule has 1 atom stereocenters. The average molecular weight is 295 g/mol. The van der Waals surface area contributed by atoms with Gasteiger partial charge in [0.2, 0.25) is 11.9 Å². The van der Waals surface area contributed by atoms with Crippen molar-refractivity contribution in [3.63, 3.8) is 0 Å². The Kier molecular flexibility index (Phi) is 5.13. The summed E-state index contributed by atoms with van der Waals surface area (Å²) in [4.78, 5) is 17.3. The first-order valence-electron chi connectivity index (χ1n) is 7.30. The largest absolute Gasteiger partial charge is 0.461 e. The molecule has 1 aliphatic rings. The molecule has 0 amide bonds. The van der Waals surface area contributed by atoms with Crippen LogP contribution < -0.4 is 20.9 Å². The number of nitrogens with two attached hydrogens (primary N) is 1. The minimum atomic E-state index is 0.00162. The summed E-state index contributed by atoms with van der Waals surface area (Å²) in [5.74, 6) is 6.37. The van der Waals surface area contributed by atoms with E-state index in [1.165, 1.54) is 6.42 Å². The molecule has 1 aliphatic heterocycles.